The average Bonchev–Trinajstić information content (AvgIpc) is 3.31. The number of sulfonamides is 1. The maximum absolute atomic E-state index is 12.6. The summed E-state index contributed by atoms with van der Waals surface area (Å²) in [4.78, 5) is 21.2. The molecular weight excluding hydrogens is 388 g/mol. The van der Waals surface area contributed by atoms with Crippen LogP contribution < -0.4 is 5.32 Å². The van der Waals surface area contributed by atoms with Gasteiger partial charge < -0.3 is 5.32 Å². The third-order valence-electron chi connectivity index (χ3n) is 4.76. The zero-order chi connectivity index (χ0) is 20.3. The van der Waals surface area contributed by atoms with Crippen molar-refractivity contribution in [1.29, 1.82) is 0 Å². The summed E-state index contributed by atoms with van der Waals surface area (Å²) in [6.45, 7) is 1.09. The molecule has 148 valence electrons. The Morgan fingerprint density at radius 2 is 1.52 bits per heavy atom. The SMILES string of the molecule is O=C(Nc1cnc(-c2ccccc2)nc1)c1ccc(S(=O)(=O)N2CCCC2)cc1. The summed E-state index contributed by atoms with van der Waals surface area (Å²) in [6.07, 6.45) is 4.84. The monoisotopic (exact) mass is 408 g/mol. The van der Waals surface area contributed by atoms with Crippen molar-refractivity contribution in [3.05, 3.63) is 72.6 Å². The number of anilines is 1. The summed E-state index contributed by atoms with van der Waals surface area (Å²) in [5.41, 5.74) is 1.71. The van der Waals surface area contributed by atoms with E-state index >= 15 is 0 Å². The molecule has 7 nitrogen and oxygen atoms in total. The van der Waals surface area contributed by atoms with Gasteiger partial charge in [0.15, 0.2) is 5.82 Å². The minimum Gasteiger partial charge on any atom is -0.319 e. The topological polar surface area (TPSA) is 92.3 Å². The van der Waals surface area contributed by atoms with Crippen molar-refractivity contribution in [2.75, 3.05) is 18.4 Å². The molecule has 4 rings (SSSR count). The van der Waals surface area contributed by atoms with Crippen LogP contribution in [0.1, 0.15) is 23.2 Å². The zero-order valence-electron chi connectivity index (χ0n) is 15.7. The predicted octanol–water partition coefficient (Wildman–Crippen LogP) is 3.18. The van der Waals surface area contributed by atoms with Gasteiger partial charge in [-0.15, -0.1) is 0 Å². The number of aromatic nitrogens is 2. The first kappa shape index (κ1) is 19.2. The van der Waals surface area contributed by atoms with Crippen LogP contribution in [0.4, 0.5) is 5.69 Å². The van der Waals surface area contributed by atoms with Crippen molar-refractivity contribution in [3.63, 3.8) is 0 Å². The van der Waals surface area contributed by atoms with Crippen LogP contribution in [0.25, 0.3) is 11.4 Å². The Morgan fingerprint density at radius 3 is 2.14 bits per heavy atom. The van der Waals surface area contributed by atoms with Gasteiger partial charge in [0.05, 0.1) is 23.0 Å². The Bertz CT molecular complexity index is 1090. The van der Waals surface area contributed by atoms with E-state index in [1.54, 1.807) is 12.4 Å². The maximum atomic E-state index is 12.6. The summed E-state index contributed by atoms with van der Waals surface area (Å²) < 4.78 is 26.6. The number of hydrogen-bond acceptors (Lipinski definition) is 5. The lowest BCUT2D eigenvalue weighted by molar-refractivity contribution is 0.102. The van der Waals surface area contributed by atoms with E-state index in [-0.39, 0.29) is 10.8 Å². The van der Waals surface area contributed by atoms with Gasteiger partial charge in [-0.3, -0.25) is 4.79 Å². The van der Waals surface area contributed by atoms with Gasteiger partial charge in [0.2, 0.25) is 10.0 Å². The molecule has 0 atom stereocenters. The van der Waals surface area contributed by atoms with Gasteiger partial charge >= 0.3 is 0 Å². The second-order valence-corrected chi connectivity index (χ2v) is 8.69. The van der Waals surface area contributed by atoms with Crippen LogP contribution in [0, 0.1) is 0 Å². The molecule has 0 saturated carbocycles. The molecule has 2 aromatic carbocycles. The molecule has 1 aromatic heterocycles. The Morgan fingerprint density at radius 1 is 0.897 bits per heavy atom. The highest BCUT2D eigenvalue weighted by Crippen LogP contribution is 2.21. The van der Waals surface area contributed by atoms with Crippen LogP contribution in [0.15, 0.2) is 71.9 Å². The van der Waals surface area contributed by atoms with Crippen molar-refractivity contribution in [3.8, 4) is 11.4 Å². The molecule has 2 heterocycles. The second kappa shape index (κ2) is 8.10. The molecule has 1 aliphatic rings. The van der Waals surface area contributed by atoms with E-state index in [2.05, 4.69) is 15.3 Å². The maximum Gasteiger partial charge on any atom is 0.255 e. The fourth-order valence-corrected chi connectivity index (χ4v) is 4.71. The van der Waals surface area contributed by atoms with Crippen LogP contribution in [-0.4, -0.2) is 41.7 Å². The average molecular weight is 408 g/mol. The molecule has 1 saturated heterocycles. The van der Waals surface area contributed by atoms with Gasteiger partial charge in [0.25, 0.3) is 5.91 Å². The minimum atomic E-state index is -3.49. The van der Waals surface area contributed by atoms with E-state index in [1.165, 1.54) is 28.6 Å². The van der Waals surface area contributed by atoms with E-state index in [1.807, 2.05) is 30.3 Å². The normalized spacial score (nSPS) is 14.6. The highest BCUT2D eigenvalue weighted by Gasteiger charge is 2.27. The first-order chi connectivity index (χ1) is 14.0. The lowest BCUT2D eigenvalue weighted by Gasteiger charge is -2.15. The van der Waals surface area contributed by atoms with Crippen LogP contribution in [-0.2, 0) is 10.0 Å². The van der Waals surface area contributed by atoms with E-state index in [4.69, 9.17) is 0 Å². The largest absolute Gasteiger partial charge is 0.319 e. The van der Waals surface area contributed by atoms with E-state index in [9.17, 15) is 13.2 Å². The summed E-state index contributed by atoms with van der Waals surface area (Å²) >= 11 is 0. The van der Waals surface area contributed by atoms with Crippen molar-refractivity contribution in [1.82, 2.24) is 14.3 Å². The molecule has 0 bridgehead atoms. The van der Waals surface area contributed by atoms with Crippen LogP contribution in [0.3, 0.4) is 0 Å². The van der Waals surface area contributed by atoms with Gasteiger partial charge in [-0.05, 0) is 37.1 Å². The Kier molecular flexibility index (Phi) is 5.37. The predicted molar refractivity (Wildman–Crippen MR) is 110 cm³/mol. The molecule has 0 aliphatic carbocycles. The Labute approximate surface area is 169 Å². The van der Waals surface area contributed by atoms with Crippen LogP contribution in [0.2, 0.25) is 0 Å². The van der Waals surface area contributed by atoms with Gasteiger partial charge in [-0.1, -0.05) is 30.3 Å². The number of hydrogen-bond donors (Lipinski definition) is 1. The lowest BCUT2D eigenvalue weighted by atomic mass is 10.2. The molecule has 1 fully saturated rings. The van der Waals surface area contributed by atoms with Gasteiger partial charge in [-0.25, -0.2) is 18.4 Å². The molecule has 1 amide bonds. The van der Waals surface area contributed by atoms with E-state index < -0.39 is 10.0 Å². The molecule has 0 radical (unpaired) electrons. The van der Waals surface area contributed by atoms with Crippen LogP contribution >= 0.6 is 0 Å². The fraction of sp³-hybridized carbons (Fsp3) is 0.190. The summed E-state index contributed by atoms with van der Waals surface area (Å²) in [5, 5.41) is 2.73. The molecule has 1 aliphatic heterocycles. The smallest absolute Gasteiger partial charge is 0.255 e. The summed E-state index contributed by atoms with van der Waals surface area (Å²) in [7, 11) is -3.49. The molecule has 29 heavy (non-hydrogen) atoms. The number of nitrogens with one attached hydrogen (secondary N) is 1. The highest BCUT2D eigenvalue weighted by atomic mass is 32.2. The number of amides is 1. The summed E-state index contributed by atoms with van der Waals surface area (Å²) in [6, 6.07) is 15.5. The third-order valence-corrected chi connectivity index (χ3v) is 6.67. The van der Waals surface area contributed by atoms with Crippen molar-refractivity contribution in [2.45, 2.75) is 17.7 Å². The summed E-state index contributed by atoms with van der Waals surface area (Å²) in [5.74, 6) is 0.214. The number of carbonyl (C=O) groups is 1. The van der Waals surface area contributed by atoms with Gasteiger partial charge in [0.1, 0.15) is 0 Å². The van der Waals surface area contributed by atoms with E-state index in [0.29, 0.717) is 30.2 Å². The zero-order valence-corrected chi connectivity index (χ0v) is 16.5. The number of carbonyl (C=O) groups excluding carboxylic acids is 1. The van der Waals surface area contributed by atoms with Crippen molar-refractivity contribution in [2.24, 2.45) is 0 Å². The van der Waals surface area contributed by atoms with E-state index in [0.717, 1.165) is 18.4 Å². The Hall–Kier alpha value is -3.10. The molecule has 0 unspecified atom stereocenters. The second-order valence-electron chi connectivity index (χ2n) is 6.75. The lowest BCUT2D eigenvalue weighted by Crippen LogP contribution is -2.27. The van der Waals surface area contributed by atoms with Crippen molar-refractivity contribution < 1.29 is 13.2 Å². The van der Waals surface area contributed by atoms with Gasteiger partial charge in [-0.2, -0.15) is 4.31 Å². The minimum absolute atomic E-state index is 0.200. The first-order valence-corrected chi connectivity index (χ1v) is 10.8. The highest BCUT2D eigenvalue weighted by molar-refractivity contribution is 7.89. The fourth-order valence-electron chi connectivity index (χ4n) is 3.19. The van der Waals surface area contributed by atoms with Gasteiger partial charge in [0, 0.05) is 24.2 Å². The van der Waals surface area contributed by atoms with Crippen LogP contribution in [0.5, 0.6) is 0 Å². The number of nitrogens with zero attached hydrogens (tertiary/aromatic N) is 3. The molecule has 0 spiro atoms. The molecule has 1 N–H and O–H groups in total. The molecule has 3 aromatic rings. The van der Waals surface area contributed by atoms with Crippen molar-refractivity contribution >= 4 is 21.6 Å². The molecule has 8 heteroatoms. The Balaban J connectivity index is 1.45. The first-order valence-electron chi connectivity index (χ1n) is 9.33. The quantitative estimate of drug-likeness (QED) is 0.700. The number of benzene rings is 2. The standard InChI is InChI=1S/C21H20N4O3S/c26-21(24-18-14-22-20(23-15-18)16-6-2-1-3-7-16)17-8-10-19(11-9-17)29(27,28)25-12-4-5-13-25/h1-3,6-11,14-15H,4-5,12-13H2,(H,24,26). The third kappa shape index (κ3) is 4.18. The number of rotatable bonds is 5. The molecular formula is C21H20N4O3S.